The summed E-state index contributed by atoms with van der Waals surface area (Å²) in [5.41, 5.74) is 7.72. The quantitative estimate of drug-likeness (QED) is 0.872. The van der Waals surface area contributed by atoms with Gasteiger partial charge in [-0.2, -0.15) is 0 Å². The molecule has 24 heavy (non-hydrogen) atoms. The van der Waals surface area contributed by atoms with Gasteiger partial charge >= 0.3 is 0 Å². The van der Waals surface area contributed by atoms with E-state index in [0.29, 0.717) is 29.6 Å². The summed E-state index contributed by atoms with van der Waals surface area (Å²) in [5.74, 6) is 0.596. The fourth-order valence-electron chi connectivity index (χ4n) is 3.07. The first-order valence-corrected chi connectivity index (χ1v) is 8.24. The van der Waals surface area contributed by atoms with E-state index >= 15 is 0 Å². The average Bonchev–Trinajstić information content (AvgIpc) is 3.04. The molecule has 0 amide bonds. The van der Waals surface area contributed by atoms with E-state index in [0.717, 1.165) is 37.2 Å². The zero-order valence-corrected chi connectivity index (χ0v) is 15.2. The van der Waals surface area contributed by atoms with Crippen molar-refractivity contribution in [3.05, 3.63) is 41.2 Å². The number of hydrogen-bond acceptors (Lipinski definition) is 5. The minimum atomic E-state index is 0. The molecule has 2 heterocycles. The van der Waals surface area contributed by atoms with Gasteiger partial charge < -0.3 is 14.9 Å². The zero-order valence-electron chi connectivity index (χ0n) is 13.7. The summed E-state index contributed by atoms with van der Waals surface area (Å²) >= 11 is 6.02. The van der Waals surface area contributed by atoms with Crippen LogP contribution in [0.25, 0.3) is 11.5 Å². The van der Waals surface area contributed by atoms with E-state index in [1.165, 1.54) is 0 Å². The van der Waals surface area contributed by atoms with Crippen molar-refractivity contribution in [2.45, 2.75) is 31.5 Å². The van der Waals surface area contributed by atoms with Crippen LogP contribution in [0.15, 0.2) is 34.9 Å². The Labute approximate surface area is 153 Å². The number of rotatable bonds is 5. The topological polar surface area (TPSA) is 64.5 Å². The molecule has 1 aliphatic rings. The highest BCUT2D eigenvalue weighted by molar-refractivity contribution is 6.30. The van der Waals surface area contributed by atoms with Crippen LogP contribution in [0, 0.1) is 0 Å². The van der Waals surface area contributed by atoms with Crippen molar-refractivity contribution in [2.75, 3.05) is 20.2 Å². The Morgan fingerprint density at radius 2 is 2.29 bits per heavy atom. The molecule has 2 unspecified atom stereocenters. The number of hydrogen-bond donors (Lipinski definition) is 1. The number of ether oxygens (including phenoxy) is 1. The maximum absolute atomic E-state index is 6.02. The second-order valence-electron chi connectivity index (χ2n) is 5.90. The summed E-state index contributed by atoms with van der Waals surface area (Å²) in [6.45, 7) is 2.32. The highest BCUT2D eigenvalue weighted by Gasteiger charge is 2.28. The van der Waals surface area contributed by atoms with Crippen molar-refractivity contribution < 1.29 is 9.15 Å². The van der Waals surface area contributed by atoms with Crippen LogP contribution in [0.1, 0.15) is 18.5 Å². The first kappa shape index (κ1) is 19.2. The van der Waals surface area contributed by atoms with Crippen LogP contribution in [-0.2, 0) is 11.3 Å². The van der Waals surface area contributed by atoms with Crippen LogP contribution in [0.2, 0.25) is 5.02 Å². The molecule has 0 saturated carbocycles. The lowest BCUT2D eigenvalue weighted by Crippen LogP contribution is -2.48. The van der Waals surface area contributed by atoms with Gasteiger partial charge in [0.15, 0.2) is 0 Å². The Morgan fingerprint density at radius 3 is 3.00 bits per heavy atom. The predicted octanol–water partition coefficient (Wildman–Crippen LogP) is 3.35. The number of nitrogens with two attached hydrogens (primary N) is 1. The first-order valence-electron chi connectivity index (χ1n) is 7.87. The van der Waals surface area contributed by atoms with E-state index in [1.54, 1.807) is 13.4 Å². The van der Waals surface area contributed by atoms with Gasteiger partial charge in [0.2, 0.25) is 5.89 Å². The van der Waals surface area contributed by atoms with Crippen LogP contribution in [0.4, 0.5) is 0 Å². The van der Waals surface area contributed by atoms with E-state index < -0.39 is 0 Å². The number of halogens is 2. The maximum atomic E-state index is 6.02. The van der Waals surface area contributed by atoms with Crippen molar-refractivity contribution in [3.63, 3.8) is 0 Å². The van der Waals surface area contributed by atoms with Crippen molar-refractivity contribution in [1.29, 1.82) is 0 Å². The van der Waals surface area contributed by atoms with E-state index in [9.17, 15) is 0 Å². The molecule has 0 spiro atoms. The van der Waals surface area contributed by atoms with Crippen LogP contribution in [-0.4, -0.2) is 42.2 Å². The molecule has 1 aliphatic heterocycles. The predicted molar refractivity (Wildman–Crippen MR) is 97.5 cm³/mol. The third-order valence-electron chi connectivity index (χ3n) is 4.38. The number of oxazole rings is 1. The van der Waals surface area contributed by atoms with Crippen molar-refractivity contribution in [3.8, 4) is 11.5 Å². The molecule has 1 aromatic carbocycles. The van der Waals surface area contributed by atoms with Gasteiger partial charge in [0, 0.05) is 43.4 Å². The van der Waals surface area contributed by atoms with Gasteiger partial charge in [-0.25, -0.2) is 4.98 Å². The molecule has 2 N–H and O–H groups in total. The minimum Gasteiger partial charge on any atom is -0.444 e. The minimum absolute atomic E-state index is 0. The van der Waals surface area contributed by atoms with Crippen molar-refractivity contribution >= 4 is 24.0 Å². The normalized spacial score (nSPS) is 21.5. The Balaban J connectivity index is 0.00000208. The lowest BCUT2D eigenvalue weighted by atomic mass is 9.99. The summed E-state index contributed by atoms with van der Waals surface area (Å²) in [4.78, 5) is 6.94. The largest absolute Gasteiger partial charge is 0.444 e. The summed E-state index contributed by atoms with van der Waals surface area (Å²) < 4.78 is 11.1. The van der Waals surface area contributed by atoms with E-state index in [1.807, 2.05) is 24.3 Å². The van der Waals surface area contributed by atoms with Crippen LogP contribution < -0.4 is 5.73 Å². The Hall–Kier alpha value is -1.11. The molecule has 1 fully saturated rings. The summed E-state index contributed by atoms with van der Waals surface area (Å²) in [7, 11) is 1.77. The van der Waals surface area contributed by atoms with Crippen LogP contribution in [0.5, 0.6) is 0 Å². The first-order chi connectivity index (χ1) is 11.2. The molecular formula is C17H23Cl2N3O2. The highest BCUT2D eigenvalue weighted by Crippen LogP contribution is 2.24. The molecule has 132 valence electrons. The second kappa shape index (κ2) is 8.83. The molecule has 0 bridgehead atoms. The van der Waals surface area contributed by atoms with Gasteiger partial charge in [0.25, 0.3) is 0 Å². The Kier molecular flexibility index (Phi) is 7.07. The van der Waals surface area contributed by atoms with Gasteiger partial charge in [-0.1, -0.05) is 17.7 Å². The monoisotopic (exact) mass is 371 g/mol. The molecule has 0 radical (unpaired) electrons. The number of likely N-dealkylation sites (tertiary alicyclic amines) is 1. The lowest BCUT2D eigenvalue weighted by Gasteiger charge is -2.37. The van der Waals surface area contributed by atoms with Gasteiger partial charge in [0.05, 0.1) is 11.8 Å². The number of benzene rings is 1. The molecule has 7 heteroatoms. The summed E-state index contributed by atoms with van der Waals surface area (Å²) in [5, 5.41) is 0.673. The molecule has 3 rings (SSSR count). The Bertz CT molecular complexity index is 650. The number of nitrogens with zero attached hydrogens (tertiary/aromatic N) is 2. The molecular weight excluding hydrogens is 349 g/mol. The molecule has 1 aromatic heterocycles. The van der Waals surface area contributed by atoms with E-state index in [4.69, 9.17) is 26.5 Å². The third kappa shape index (κ3) is 4.49. The van der Waals surface area contributed by atoms with E-state index in [-0.39, 0.29) is 12.4 Å². The average molecular weight is 372 g/mol. The van der Waals surface area contributed by atoms with Crippen LogP contribution in [0.3, 0.4) is 0 Å². The number of piperidine rings is 1. The van der Waals surface area contributed by atoms with Gasteiger partial charge in [-0.05, 0) is 31.0 Å². The Morgan fingerprint density at radius 1 is 1.46 bits per heavy atom. The summed E-state index contributed by atoms with van der Waals surface area (Å²) in [6.07, 6.45) is 4.00. The molecule has 5 nitrogen and oxygen atoms in total. The van der Waals surface area contributed by atoms with Gasteiger partial charge in [-0.3, -0.25) is 4.90 Å². The highest BCUT2D eigenvalue weighted by atomic mass is 35.5. The molecule has 1 saturated heterocycles. The van der Waals surface area contributed by atoms with Crippen molar-refractivity contribution in [2.24, 2.45) is 5.73 Å². The van der Waals surface area contributed by atoms with Gasteiger partial charge in [0.1, 0.15) is 6.26 Å². The summed E-state index contributed by atoms with van der Waals surface area (Å²) in [6, 6.07) is 7.83. The SMILES string of the molecule is COC1CCN(Cc2coc(-c3cccc(Cl)c3)n2)C(CN)C1.Cl. The third-order valence-corrected chi connectivity index (χ3v) is 4.62. The molecule has 2 atom stereocenters. The van der Waals surface area contributed by atoms with Crippen LogP contribution >= 0.6 is 24.0 Å². The second-order valence-corrected chi connectivity index (χ2v) is 6.33. The maximum Gasteiger partial charge on any atom is 0.226 e. The zero-order chi connectivity index (χ0) is 16.2. The smallest absolute Gasteiger partial charge is 0.226 e. The van der Waals surface area contributed by atoms with E-state index in [2.05, 4.69) is 9.88 Å². The lowest BCUT2D eigenvalue weighted by molar-refractivity contribution is 0.00978. The standard InChI is InChI=1S/C17H22ClN3O2.ClH/c1-22-16-5-6-21(15(8-16)9-19)10-14-11-23-17(20-14)12-3-2-4-13(18)7-12;/h2-4,7,11,15-16H,5-6,8-10,19H2,1H3;1H. The van der Waals surface area contributed by atoms with Crippen molar-refractivity contribution in [1.82, 2.24) is 9.88 Å². The molecule has 2 aromatic rings. The fourth-order valence-corrected chi connectivity index (χ4v) is 3.26. The molecule has 0 aliphatic carbocycles. The van der Waals surface area contributed by atoms with Gasteiger partial charge in [-0.15, -0.1) is 12.4 Å². The number of methoxy groups -OCH3 is 1. The number of aromatic nitrogens is 1. The fraction of sp³-hybridized carbons (Fsp3) is 0.471.